The minimum atomic E-state index is -1.04. The summed E-state index contributed by atoms with van der Waals surface area (Å²) in [6.07, 6.45) is 5.70. The molecule has 1 saturated carbocycles. The third-order valence-electron chi connectivity index (χ3n) is 14.2. The average molecular weight is 839 g/mol. The monoisotopic (exact) mass is 838 g/mol. The average Bonchev–Trinajstić information content (AvgIpc) is 3.67. The van der Waals surface area contributed by atoms with Crippen molar-refractivity contribution in [2.75, 3.05) is 52.6 Å². The number of phenolic OH excluding ortho intramolecular Hbond substituents is 1. The maximum absolute atomic E-state index is 12.5. The van der Waals surface area contributed by atoms with Gasteiger partial charge in [0.2, 0.25) is 5.75 Å². The lowest BCUT2D eigenvalue weighted by Crippen LogP contribution is -2.39. The fraction of sp³-hybridized carbons (Fsp3) is 0.373. The van der Waals surface area contributed by atoms with Crippen LogP contribution in [0, 0.1) is 17.8 Å². The third-order valence-corrected chi connectivity index (χ3v) is 14.2. The van der Waals surface area contributed by atoms with Crippen LogP contribution in [0.4, 0.5) is 5.69 Å². The first-order chi connectivity index (χ1) is 30.3. The van der Waals surface area contributed by atoms with Gasteiger partial charge in [-0.25, -0.2) is 0 Å². The molecule has 5 aromatic carbocycles. The number of aliphatic hydroxyl groups excluding tert-OH is 3. The van der Waals surface area contributed by atoms with Gasteiger partial charge in [0.05, 0.1) is 39.1 Å². The second kappa shape index (κ2) is 16.2. The summed E-state index contributed by atoms with van der Waals surface area (Å²) in [4.78, 5) is 0. The Balaban J connectivity index is 0.980. The lowest BCUT2D eigenvalue weighted by Gasteiger charge is -2.39. The standard InChI is InChI=1S/C51H54N2O9/c1-4-52-27-62-41-21-39(58-2)35-14-15-36-44-38(53-50(57)47(41)46(35)44)20-40-45(36)48(55)37(26-61-40)30-18-42(59-3)49(56)43(19-30)60-25-34(24-54)51(33-12-6-5-7-13-33)22-31-16-28-10-8-9-11-29(28)17-32(31)23-51/h5-13,16-21,31-32,34,37,48,50,52-57H,4,14-15,22-27H2,1-3H3/t31-,32-,34-,37+,48+,50+/m1/s1. The molecule has 1 fully saturated rings. The number of methoxy groups -OCH3 is 2. The van der Waals surface area contributed by atoms with Crippen molar-refractivity contribution in [3.8, 4) is 45.6 Å². The van der Waals surface area contributed by atoms with E-state index in [9.17, 15) is 20.4 Å². The lowest BCUT2D eigenvalue weighted by atomic mass is 9.68. The highest BCUT2D eigenvalue weighted by Crippen LogP contribution is 2.58. The highest BCUT2D eigenvalue weighted by molar-refractivity contribution is 5.93. The van der Waals surface area contributed by atoms with E-state index in [2.05, 4.69) is 71.3 Å². The van der Waals surface area contributed by atoms with Crippen LogP contribution in [0.3, 0.4) is 0 Å². The van der Waals surface area contributed by atoms with Crippen LogP contribution in [-0.4, -0.2) is 67.7 Å². The van der Waals surface area contributed by atoms with Crippen LogP contribution in [0.1, 0.15) is 71.4 Å². The Labute approximate surface area is 361 Å². The summed E-state index contributed by atoms with van der Waals surface area (Å²) in [7, 11) is 3.14. The number of hydrogen-bond acceptors (Lipinski definition) is 11. The summed E-state index contributed by atoms with van der Waals surface area (Å²) >= 11 is 0. The van der Waals surface area contributed by atoms with Gasteiger partial charge in [0.1, 0.15) is 24.0 Å². The van der Waals surface area contributed by atoms with E-state index in [1.54, 1.807) is 19.2 Å². The molecule has 2 heterocycles. The Morgan fingerprint density at radius 3 is 2.19 bits per heavy atom. The van der Waals surface area contributed by atoms with Crippen molar-refractivity contribution in [2.24, 2.45) is 17.8 Å². The summed E-state index contributed by atoms with van der Waals surface area (Å²) in [6.45, 7) is 3.17. The van der Waals surface area contributed by atoms with Gasteiger partial charge >= 0.3 is 0 Å². The largest absolute Gasteiger partial charge is 0.502 e. The Morgan fingerprint density at radius 2 is 1.50 bits per heavy atom. The fourth-order valence-electron chi connectivity index (χ4n) is 11.2. The van der Waals surface area contributed by atoms with Gasteiger partial charge in [-0.2, -0.15) is 0 Å². The van der Waals surface area contributed by atoms with Crippen LogP contribution >= 0.6 is 0 Å². The van der Waals surface area contributed by atoms with Gasteiger partial charge in [0.25, 0.3) is 0 Å². The summed E-state index contributed by atoms with van der Waals surface area (Å²) in [5, 5.41) is 55.6. The van der Waals surface area contributed by atoms with Crippen molar-refractivity contribution in [3.05, 3.63) is 123 Å². The summed E-state index contributed by atoms with van der Waals surface area (Å²) in [5.74, 6) is 1.80. The summed E-state index contributed by atoms with van der Waals surface area (Å²) < 4.78 is 30.8. The Morgan fingerprint density at radius 1 is 0.806 bits per heavy atom. The molecule has 0 amide bonds. The summed E-state index contributed by atoms with van der Waals surface area (Å²) in [6, 6.07) is 26.2. The number of nitrogens with one attached hydrogen (secondary N) is 2. The van der Waals surface area contributed by atoms with E-state index < -0.39 is 18.2 Å². The van der Waals surface area contributed by atoms with E-state index in [1.165, 1.54) is 23.1 Å². The molecular weight excluding hydrogens is 785 g/mol. The SMILES string of the molecule is CCNCOc1cc(OC)c2c3c1[C@H](O)Nc1cc4c(c(c1-3)CC2)[C@@H](O)[C@H](c1cc(OC)c(O)c(OC[C@@H](CO)C2(c3ccccc3)C[C@H]3C=c5ccccc5=C[C@@H]3C2)c1)CO4. The molecule has 0 bridgehead atoms. The highest BCUT2D eigenvalue weighted by Gasteiger charge is 2.50. The van der Waals surface area contributed by atoms with Crippen molar-refractivity contribution < 1.29 is 44.1 Å². The second-order valence-electron chi connectivity index (χ2n) is 17.3. The number of aliphatic hydroxyl groups is 3. The maximum atomic E-state index is 12.5. The maximum Gasteiger partial charge on any atom is 0.200 e. The van der Waals surface area contributed by atoms with Crippen molar-refractivity contribution in [2.45, 2.75) is 56.3 Å². The zero-order valence-corrected chi connectivity index (χ0v) is 35.3. The van der Waals surface area contributed by atoms with E-state index >= 15 is 0 Å². The van der Waals surface area contributed by atoms with Crippen LogP contribution in [0.15, 0.2) is 78.9 Å². The van der Waals surface area contributed by atoms with Gasteiger partial charge in [0.15, 0.2) is 17.7 Å². The molecule has 11 nitrogen and oxygen atoms in total. The minimum absolute atomic E-state index is 0.107. The predicted octanol–water partition coefficient (Wildman–Crippen LogP) is 5.97. The molecule has 2 aliphatic heterocycles. The molecule has 0 spiro atoms. The predicted molar refractivity (Wildman–Crippen MR) is 236 cm³/mol. The van der Waals surface area contributed by atoms with Crippen LogP contribution < -0.4 is 44.8 Å². The third kappa shape index (κ3) is 6.56. The number of phenols is 1. The van der Waals surface area contributed by atoms with Gasteiger partial charge in [-0.3, -0.25) is 5.32 Å². The minimum Gasteiger partial charge on any atom is -0.502 e. The molecule has 0 saturated heterocycles. The molecule has 11 heteroatoms. The first-order valence-corrected chi connectivity index (χ1v) is 21.8. The molecule has 5 aromatic rings. The number of rotatable bonds is 13. The first kappa shape index (κ1) is 40.4. The van der Waals surface area contributed by atoms with Crippen LogP contribution in [0.25, 0.3) is 23.3 Å². The fourth-order valence-corrected chi connectivity index (χ4v) is 11.2. The Hall–Kier alpha value is -5.72. The zero-order chi connectivity index (χ0) is 42.7. The Kier molecular flexibility index (Phi) is 10.5. The van der Waals surface area contributed by atoms with E-state index in [4.69, 9.17) is 23.7 Å². The van der Waals surface area contributed by atoms with E-state index in [-0.39, 0.29) is 55.1 Å². The number of benzene rings is 5. The molecule has 3 aliphatic carbocycles. The molecular formula is C51H54N2O9. The second-order valence-corrected chi connectivity index (χ2v) is 17.3. The molecule has 62 heavy (non-hydrogen) atoms. The van der Waals surface area contributed by atoms with Gasteiger partial charge in [0, 0.05) is 63.9 Å². The Bertz CT molecular complexity index is 2610. The highest BCUT2D eigenvalue weighted by atomic mass is 16.5. The van der Waals surface area contributed by atoms with Crippen LogP contribution in [0.2, 0.25) is 0 Å². The summed E-state index contributed by atoms with van der Waals surface area (Å²) in [5.41, 5.74) is 7.15. The lowest BCUT2D eigenvalue weighted by molar-refractivity contribution is 0.0866. The van der Waals surface area contributed by atoms with Crippen molar-refractivity contribution >= 4 is 17.8 Å². The smallest absolute Gasteiger partial charge is 0.200 e. The molecule has 0 aromatic heterocycles. The molecule has 6 N–H and O–H groups in total. The van der Waals surface area contributed by atoms with Gasteiger partial charge < -0.3 is 49.4 Å². The number of ether oxygens (including phenoxy) is 5. The molecule has 0 unspecified atom stereocenters. The molecule has 10 rings (SSSR count). The molecule has 322 valence electrons. The normalized spacial score (nSPS) is 22.5. The number of hydrogen-bond donors (Lipinski definition) is 6. The number of fused-ring (bicyclic) bond motifs is 4. The van der Waals surface area contributed by atoms with E-state index in [1.807, 2.05) is 25.1 Å². The first-order valence-electron chi connectivity index (χ1n) is 21.8. The number of aromatic hydroxyl groups is 1. The van der Waals surface area contributed by atoms with E-state index in [0.29, 0.717) is 64.3 Å². The van der Waals surface area contributed by atoms with Crippen molar-refractivity contribution in [1.29, 1.82) is 0 Å². The van der Waals surface area contributed by atoms with Crippen molar-refractivity contribution in [1.82, 2.24) is 5.32 Å². The van der Waals surface area contributed by atoms with Crippen LogP contribution in [0.5, 0.6) is 34.5 Å². The molecule has 5 aliphatic rings. The van der Waals surface area contributed by atoms with E-state index in [0.717, 1.165) is 41.6 Å². The van der Waals surface area contributed by atoms with Gasteiger partial charge in [-0.05, 0) is 83.3 Å². The number of anilines is 1. The van der Waals surface area contributed by atoms with Gasteiger partial charge in [-0.1, -0.05) is 73.7 Å². The zero-order valence-electron chi connectivity index (χ0n) is 35.3. The quantitative estimate of drug-likeness (QED) is 0.0615. The molecule has 0 radical (unpaired) electrons. The van der Waals surface area contributed by atoms with Crippen LogP contribution in [-0.2, 0) is 18.3 Å². The van der Waals surface area contributed by atoms with Crippen molar-refractivity contribution in [3.63, 3.8) is 0 Å². The topological polar surface area (TPSA) is 151 Å². The molecule has 6 atom stereocenters. The van der Waals surface area contributed by atoms with Gasteiger partial charge in [-0.15, -0.1) is 0 Å².